The highest BCUT2D eigenvalue weighted by Crippen LogP contribution is 2.35. The Morgan fingerprint density at radius 3 is 2.55 bits per heavy atom. The van der Waals surface area contributed by atoms with Crippen molar-refractivity contribution in [3.63, 3.8) is 0 Å². The van der Waals surface area contributed by atoms with Gasteiger partial charge in [0.15, 0.2) is 11.5 Å². The Kier molecular flexibility index (Phi) is 3.32. The van der Waals surface area contributed by atoms with E-state index in [0.29, 0.717) is 30.3 Å². The standard InChI is InChI=1S/C16H16FNO2/c1-10(18)11-2-4-14(17)13(8-11)12-3-5-15-16(9-12)20-7-6-19-15/h2-5,8-10H,6-7,18H2,1H3. The van der Waals surface area contributed by atoms with Crippen LogP contribution in [0.4, 0.5) is 4.39 Å². The molecule has 0 amide bonds. The van der Waals surface area contributed by atoms with Crippen molar-refractivity contribution in [3.05, 3.63) is 47.8 Å². The molecule has 0 saturated heterocycles. The number of ether oxygens (including phenoxy) is 2. The molecule has 0 spiro atoms. The van der Waals surface area contributed by atoms with E-state index in [1.807, 2.05) is 19.1 Å². The highest BCUT2D eigenvalue weighted by Gasteiger charge is 2.15. The predicted molar refractivity (Wildman–Crippen MR) is 75.4 cm³/mol. The second-order valence-corrected chi connectivity index (χ2v) is 4.89. The molecule has 1 aliphatic rings. The third-order valence-corrected chi connectivity index (χ3v) is 3.37. The van der Waals surface area contributed by atoms with E-state index in [4.69, 9.17) is 15.2 Å². The lowest BCUT2D eigenvalue weighted by molar-refractivity contribution is 0.171. The molecule has 2 aromatic carbocycles. The first kappa shape index (κ1) is 12.9. The van der Waals surface area contributed by atoms with E-state index in [2.05, 4.69) is 0 Å². The summed E-state index contributed by atoms with van der Waals surface area (Å²) in [5.41, 5.74) is 8.04. The van der Waals surface area contributed by atoms with Crippen molar-refractivity contribution in [2.75, 3.05) is 13.2 Å². The number of halogens is 1. The van der Waals surface area contributed by atoms with Crippen molar-refractivity contribution in [1.82, 2.24) is 0 Å². The Balaban J connectivity index is 2.06. The van der Waals surface area contributed by atoms with Gasteiger partial charge in [-0.25, -0.2) is 4.39 Å². The summed E-state index contributed by atoms with van der Waals surface area (Å²) < 4.78 is 25.0. The van der Waals surface area contributed by atoms with Gasteiger partial charge in [-0.15, -0.1) is 0 Å². The van der Waals surface area contributed by atoms with Crippen LogP contribution in [-0.4, -0.2) is 13.2 Å². The van der Waals surface area contributed by atoms with Crippen LogP contribution >= 0.6 is 0 Å². The molecule has 0 radical (unpaired) electrons. The molecular formula is C16H16FNO2. The molecule has 2 N–H and O–H groups in total. The molecule has 3 rings (SSSR count). The van der Waals surface area contributed by atoms with Crippen molar-refractivity contribution in [1.29, 1.82) is 0 Å². The number of rotatable bonds is 2. The first-order valence-electron chi connectivity index (χ1n) is 6.60. The van der Waals surface area contributed by atoms with E-state index in [1.165, 1.54) is 6.07 Å². The number of nitrogens with two attached hydrogens (primary N) is 1. The van der Waals surface area contributed by atoms with E-state index in [1.54, 1.807) is 18.2 Å². The minimum atomic E-state index is -0.272. The number of hydrogen-bond donors (Lipinski definition) is 1. The molecule has 0 bridgehead atoms. The number of fused-ring (bicyclic) bond motifs is 1. The topological polar surface area (TPSA) is 44.5 Å². The van der Waals surface area contributed by atoms with E-state index in [0.717, 1.165) is 11.1 Å². The van der Waals surface area contributed by atoms with Crippen LogP contribution in [0.1, 0.15) is 18.5 Å². The van der Waals surface area contributed by atoms with Gasteiger partial charge >= 0.3 is 0 Å². The summed E-state index contributed by atoms with van der Waals surface area (Å²) in [5, 5.41) is 0. The second-order valence-electron chi connectivity index (χ2n) is 4.89. The third-order valence-electron chi connectivity index (χ3n) is 3.37. The van der Waals surface area contributed by atoms with Crippen LogP contribution in [0.25, 0.3) is 11.1 Å². The third kappa shape index (κ3) is 2.34. The van der Waals surface area contributed by atoms with E-state index in [9.17, 15) is 4.39 Å². The van der Waals surface area contributed by atoms with Crippen LogP contribution in [0.2, 0.25) is 0 Å². The summed E-state index contributed by atoms with van der Waals surface area (Å²) in [4.78, 5) is 0. The summed E-state index contributed by atoms with van der Waals surface area (Å²) in [6.45, 7) is 2.93. The van der Waals surface area contributed by atoms with Gasteiger partial charge in [0, 0.05) is 11.6 Å². The highest BCUT2D eigenvalue weighted by molar-refractivity contribution is 5.68. The molecule has 0 fully saturated rings. The molecule has 20 heavy (non-hydrogen) atoms. The van der Waals surface area contributed by atoms with E-state index < -0.39 is 0 Å². The summed E-state index contributed by atoms with van der Waals surface area (Å²) in [6.07, 6.45) is 0. The Morgan fingerprint density at radius 2 is 1.80 bits per heavy atom. The zero-order chi connectivity index (χ0) is 14.1. The van der Waals surface area contributed by atoms with E-state index in [-0.39, 0.29) is 11.9 Å². The van der Waals surface area contributed by atoms with Crippen LogP contribution in [0.15, 0.2) is 36.4 Å². The summed E-state index contributed by atoms with van der Waals surface area (Å²) in [6, 6.07) is 10.3. The summed E-state index contributed by atoms with van der Waals surface area (Å²) in [5.74, 6) is 1.08. The number of hydrogen-bond acceptors (Lipinski definition) is 3. The van der Waals surface area contributed by atoms with Crippen molar-refractivity contribution in [3.8, 4) is 22.6 Å². The Bertz CT molecular complexity index is 640. The van der Waals surface area contributed by atoms with Crippen LogP contribution in [0, 0.1) is 5.82 Å². The lowest BCUT2D eigenvalue weighted by Crippen LogP contribution is -2.15. The fourth-order valence-corrected chi connectivity index (χ4v) is 2.26. The normalized spacial score (nSPS) is 14.9. The van der Waals surface area contributed by atoms with Gasteiger partial charge in [0.1, 0.15) is 19.0 Å². The smallest absolute Gasteiger partial charge is 0.161 e. The predicted octanol–water partition coefficient (Wildman–Crippen LogP) is 3.28. The van der Waals surface area contributed by atoms with Crippen molar-refractivity contribution in [2.24, 2.45) is 5.73 Å². The first-order valence-corrected chi connectivity index (χ1v) is 6.60. The molecule has 2 aromatic rings. The molecular weight excluding hydrogens is 257 g/mol. The van der Waals surface area contributed by atoms with Gasteiger partial charge in [-0.05, 0) is 42.3 Å². The minimum absolute atomic E-state index is 0.133. The second kappa shape index (κ2) is 5.13. The molecule has 1 aliphatic heterocycles. The first-order chi connectivity index (χ1) is 9.65. The SMILES string of the molecule is CC(N)c1ccc(F)c(-c2ccc3c(c2)OCCO3)c1. The van der Waals surface area contributed by atoms with Gasteiger partial charge in [0.2, 0.25) is 0 Å². The Hall–Kier alpha value is -2.07. The van der Waals surface area contributed by atoms with Crippen LogP contribution in [0.5, 0.6) is 11.5 Å². The zero-order valence-electron chi connectivity index (χ0n) is 11.2. The molecule has 0 saturated carbocycles. The van der Waals surface area contributed by atoms with Crippen molar-refractivity contribution >= 4 is 0 Å². The maximum absolute atomic E-state index is 14.0. The van der Waals surface area contributed by atoms with Crippen molar-refractivity contribution < 1.29 is 13.9 Å². The average molecular weight is 273 g/mol. The van der Waals surface area contributed by atoms with Crippen LogP contribution in [0.3, 0.4) is 0 Å². The lowest BCUT2D eigenvalue weighted by atomic mass is 9.99. The zero-order valence-corrected chi connectivity index (χ0v) is 11.2. The number of benzene rings is 2. The average Bonchev–Trinajstić information content (AvgIpc) is 2.47. The maximum atomic E-state index is 14.0. The van der Waals surface area contributed by atoms with Crippen LogP contribution in [-0.2, 0) is 0 Å². The monoisotopic (exact) mass is 273 g/mol. The molecule has 1 heterocycles. The van der Waals surface area contributed by atoms with Crippen molar-refractivity contribution in [2.45, 2.75) is 13.0 Å². The molecule has 104 valence electrons. The van der Waals surface area contributed by atoms with Crippen LogP contribution < -0.4 is 15.2 Å². The molecule has 4 heteroatoms. The van der Waals surface area contributed by atoms with Gasteiger partial charge < -0.3 is 15.2 Å². The van der Waals surface area contributed by atoms with Gasteiger partial charge in [0.05, 0.1) is 0 Å². The molecule has 0 aliphatic carbocycles. The van der Waals surface area contributed by atoms with Gasteiger partial charge in [-0.3, -0.25) is 0 Å². The highest BCUT2D eigenvalue weighted by atomic mass is 19.1. The quantitative estimate of drug-likeness (QED) is 0.913. The van der Waals surface area contributed by atoms with Gasteiger partial charge in [0.25, 0.3) is 0 Å². The van der Waals surface area contributed by atoms with Gasteiger partial charge in [-0.2, -0.15) is 0 Å². The molecule has 0 aromatic heterocycles. The molecule has 1 atom stereocenters. The molecule has 3 nitrogen and oxygen atoms in total. The fourth-order valence-electron chi connectivity index (χ4n) is 2.26. The summed E-state index contributed by atoms with van der Waals surface area (Å²) >= 11 is 0. The molecule has 1 unspecified atom stereocenters. The fraction of sp³-hybridized carbons (Fsp3) is 0.250. The lowest BCUT2D eigenvalue weighted by Gasteiger charge is -2.19. The maximum Gasteiger partial charge on any atom is 0.161 e. The summed E-state index contributed by atoms with van der Waals surface area (Å²) in [7, 11) is 0. The Labute approximate surface area is 117 Å². The minimum Gasteiger partial charge on any atom is -0.486 e. The largest absolute Gasteiger partial charge is 0.486 e. The van der Waals surface area contributed by atoms with Gasteiger partial charge in [-0.1, -0.05) is 12.1 Å². The Morgan fingerprint density at radius 1 is 1.05 bits per heavy atom. The van der Waals surface area contributed by atoms with E-state index >= 15 is 0 Å².